The highest BCUT2D eigenvalue weighted by Gasteiger charge is 2.11. The van der Waals surface area contributed by atoms with Crippen LogP contribution < -0.4 is 20.1 Å². The number of ether oxygens (including phenoxy) is 2. The minimum absolute atomic E-state index is 0.109. The van der Waals surface area contributed by atoms with E-state index >= 15 is 0 Å². The third-order valence-electron chi connectivity index (χ3n) is 4.93. The first kappa shape index (κ1) is 27.3. The van der Waals surface area contributed by atoms with Crippen LogP contribution >= 0.6 is 0 Å². The predicted octanol–water partition coefficient (Wildman–Crippen LogP) is 2.64. The zero-order valence-corrected chi connectivity index (χ0v) is 19.9. The van der Waals surface area contributed by atoms with Crippen LogP contribution in [0.25, 0.3) is 12.2 Å². The first-order chi connectivity index (χ1) is 17.3. The smallest absolute Gasteiger partial charge is 0.261 e. The van der Waals surface area contributed by atoms with Gasteiger partial charge in [0.1, 0.15) is 23.3 Å². The van der Waals surface area contributed by atoms with Gasteiger partial charge in [0.25, 0.3) is 11.8 Å². The predicted molar refractivity (Wildman–Crippen MR) is 132 cm³/mol. The van der Waals surface area contributed by atoms with Gasteiger partial charge in [-0.15, -0.1) is 0 Å². The normalized spacial score (nSPS) is 11.1. The number of nitriles is 2. The maximum Gasteiger partial charge on any atom is 0.261 e. The lowest BCUT2D eigenvalue weighted by Crippen LogP contribution is -2.28. The van der Waals surface area contributed by atoms with E-state index in [1.807, 2.05) is 12.1 Å². The van der Waals surface area contributed by atoms with Gasteiger partial charge in [0.15, 0.2) is 23.0 Å². The molecule has 0 spiro atoms. The van der Waals surface area contributed by atoms with Crippen molar-refractivity contribution in [3.05, 3.63) is 58.7 Å². The molecule has 10 heteroatoms. The number of hydrogen-bond acceptors (Lipinski definition) is 8. The van der Waals surface area contributed by atoms with Gasteiger partial charge in [0.05, 0.1) is 14.2 Å². The Kier molecular flexibility index (Phi) is 10.4. The molecule has 2 rings (SSSR count). The lowest BCUT2D eigenvalue weighted by Gasteiger charge is -2.07. The fraction of sp³-hybridized carbons (Fsp3) is 0.231. The van der Waals surface area contributed by atoms with Gasteiger partial charge in [-0.1, -0.05) is 12.1 Å². The molecule has 2 aromatic carbocycles. The monoisotopic (exact) mass is 490 g/mol. The third-order valence-corrected chi connectivity index (χ3v) is 4.93. The summed E-state index contributed by atoms with van der Waals surface area (Å²) >= 11 is 0. The molecule has 0 aliphatic carbocycles. The van der Waals surface area contributed by atoms with Crippen LogP contribution in [0.2, 0.25) is 0 Å². The van der Waals surface area contributed by atoms with Gasteiger partial charge in [-0.25, -0.2) is 0 Å². The van der Waals surface area contributed by atoms with Crippen LogP contribution in [-0.2, 0) is 9.59 Å². The maximum absolute atomic E-state index is 12.3. The topological polar surface area (TPSA) is 165 Å². The Labute approximate surface area is 208 Å². The van der Waals surface area contributed by atoms with E-state index in [0.717, 1.165) is 0 Å². The minimum atomic E-state index is -0.561. The molecule has 0 aromatic heterocycles. The molecule has 0 fully saturated rings. The molecule has 4 N–H and O–H groups in total. The molecule has 186 valence electrons. The third kappa shape index (κ3) is 7.82. The number of nitrogens with one attached hydrogen (secondary N) is 2. The van der Waals surface area contributed by atoms with E-state index in [-0.39, 0.29) is 47.2 Å². The van der Waals surface area contributed by atoms with Crippen molar-refractivity contribution < 1.29 is 29.3 Å². The van der Waals surface area contributed by atoms with E-state index in [2.05, 4.69) is 10.6 Å². The number of amides is 2. The molecule has 2 amide bonds. The number of nitrogens with zero attached hydrogens (tertiary/aromatic N) is 2. The SMILES string of the molecule is COc1ccc(/C=C(\C#N)C(=O)NCCCCNC(=O)/C(C#N)=C/c2ccc(OC)c(O)c2)cc1O. The van der Waals surface area contributed by atoms with E-state index in [4.69, 9.17) is 9.47 Å². The Morgan fingerprint density at radius 2 is 1.19 bits per heavy atom. The summed E-state index contributed by atoms with van der Waals surface area (Å²) in [6.07, 6.45) is 3.75. The highest BCUT2D eigenvalue weighted by atomic mass is 16.5. The van der Waals surface area contributed by atoms with Crippen molar-refractivity contribution in [1.29, 1.82) is 10.5 Å². The summed E-state index contributed by atoms with van der Waals surface area (Å²) in [5.74, 6) is -0.784. The highest BCUT2D eigenvalue weighted by Crippen LogP contribution is 2.28. The van der Waals surface area contributed by atoms with Crippen molar-refractivity contribution in [1.82, 2.24) is 10.6 Å². The average molecular weight is 491 g/mol. The highest BCUT2D eigenvalue weighted by molar-refractivity contribution is 6.02. The largest absolute Gasteiger partial charge is 0.504 e. The lowest BCUT2D eigenvalue weighted by atomic mass is 10.1. The Morgan fingerprint density at radius 1 is 0.806 bits per heavy atom. The summed E-state index contributed by atoms with van der Waals surface area (Å²) in [6.45, 7) is 0.543. The molecule has 0 radical (unpaired) electrons. The first-order valence-corrected chi connectivity index (χ1v) is 10.9. The molecule has 10 nitrogen and oxygen atoms in total. The maximum atomic E-state index is 12.3. The molecule has 0 aliphatic rings. The van der Waals surface area contributed by atoms with Gasteiger partial charge in [-0.2, -0.15) is 10.5 Å². The Morgan fingerprint density at radius 3 is 1.50 bits per heavy atom. The summed E-state index contributed by atoms with van der Waals surface area (Å²) in [5.41, 5.74) is 0.685. The Balaban J connectivity index is 1.81. The van der Waals surface area contributed by atoms with Crippen LogP contribution in [0.5, 0.6) is 23.0 Å². The van der Waals surface area contributed by atoms with E-state index in [9.17, 15) is 30.3 Å². The molecule has 0 bridgehead atoms. The minimum Gasteiger partial charge on any atom is -0.504 e. The summed E-state index contributed by atoms with van der Waals surface area (Å²) < 4.78 is 9.93. The van der Waals surface area contributed by atoms with Crippen LogP contribution in [0.15, 0.2) is 47.5 Å². The summed E-state index contributed by atoms with van der Waals surface area (Å²) in [5, 5.41) is 43.5. The number of phenolic OH excluding ortho intramolecular Hbond substituents is 2. The molecular formula is C26H26N4O6. The number of methoxy groups -OCH3 is 2. The molecule has 0 aliphatic heterocycles. The van der Waals surface area contributed by atoms with E-state index in [0.29, 0.717) is 24.0 Å². The van der Waals surface area contributed by atoms with Crippen LogP contribution in [0.4, 0.5) is 0 Å². The van der Waals surface area contributed by atoms with Crippen LogP contribution in [-0.4, -0.2) is 49.3 Å². The quantitative estimate of drug-likeness (QED) is 0.212. The zero-order chi connectivity index (χ0) is 26.5. The van der Waals surface area contributed by atoms with Gasteiger partial charge >= 0.3 is 0 Å². The number of hydrogen-bond donors (Lipinski definition) is 4. The molecule has 2 aromatic rings. The molecule has 0 heterocycles. The van der Waals surface area contributed by atoms with Gasteiger partial charge in [-0.3, -0.25) is 9.59 Å². The molecule has 0 saturated heterocycles. The molecule has 0 unspecified atom stereocenters. The summed E-state index contributed by atoms with van der Waals surface area (Å²) in [4.78, 5) is 24.5. The Bertz CT molecular complexity index is 1160. The fourth-order valence-electron chi connectivity index (χ4n) is 3.07. The standard InChI is InChI=1S/C26H26N4O6/c1-35-23-7-5-17(13-21(23)31)11-19(15-27)25(33)29-9-3-4-10-30-26(34)20(16-28)12-18-6-8-24(36-2)22(32)14-18/h5-8,11-14,31-32H,3-4,9-10H2,1-2H3,(H,29,33)(H,30,34)/b19-11+,20-12+. The first-order valence-electron chi connectivity index (χ1n) is 10.9. The van der Waals surface area contributed by atoms with Crippen molar-refractivity contribution in [2.24, 2.45) is 0 Å². The number of aromatic hydroxyl groups is 2. The van der Waals surface area contributed by atoms with Crippen molar-refractivity contribution in [2.75, 3.05) is 27.3 Å². The molecule has 0 atom stereocenters. The van der Waals surface area contributed by atoms with Crippen LogP contribution in [0.3, 0.4) is 0 Å². The second kappa shape index (κ2) is 13.7. The average Bonchev–Trinajstić information content (AvgIpc) is 2.87. The molecular weight excluding hydrogens is 464 g/mol. The number of carbonyl (C=O) groups is 2. The van der Waals surface area contributed by atoms with Crippen molar-refractivity contribution in [3.63, 3.8) is 0 Å². The Hall–Kier alpha value is -4.96. The fourth-order valence-corrected chi connectivity index (χ4v) is 3.07. The van der Waals surface area contributed by atoms with E-state index in [1.54, 1.807) is 12.1 Å². The summed E-state index contributed by atoms with van der Waals surface area (Å²) in [6, 6.07) is 12.7. The van der Waals surface area contributed by atoms with Gasteiger partial charge < -0.3 is 30.3 Å². The number of rotatable bonds is 11. The van der Waals surface area contributed by atoms with E-state index in [1.165, 1.54) is 50.6 Å². The number of carbonyl (C=O) groups excluding carboxylic acids is 2. The zero-order valence-electron chi connectivity index (χ0n) is 19.9. The van der Waals surface area contributed by atoms with Crippen molar-refractivity contribution >= 4 is 24.0 Å². The number of phenols is 2. The van der Waals surface area contributed by atoms with Crippen LogP contribution in [0.1, 0.15) is 24.0 Å². The van der Waals surface area contributed by atoms with Crippen molar-refractivity contribution in [3.8, 4) is 35.1 Å². The van der Waals surface area contributed by atoms with Crippen molar-refractivity contribution in [2.45, 2.75) is 12.8 Å². The number of benzene rings is 2. The molecule has 36 heavy (non-hydrogen) atoms. The number of unbranched alkanes of at least 4 members (excludes halogenated alkanes) is 1. The molecule has 0 saturated carbocycles. The van der Waals surface area contributed by atoms with E-state index < -0.39 is 11.8 Å². The second-order valence-electron chi connectivity index (χ2n) is 7.42. The van der Waals surface area contributed by atoms with Gasteiger partial charge in [0.2, 0.25) is 0 Å². The van der Waals surface area contributed by atoms with Crippen LogP contribution in [0, 0.1) is 22.7 Å². The lowest BCUT2D eigenvalue weighted by molar-refractivity contribution is -0.118. The van der Waals surface area contributed by atoms with Gasteiger partial charge in [0, 0.05) is 13.1 Å². The summed E-state index contributed by atoms with van der Waals surface area (Å²) in [7, 11) is 2.83. The second-order valence-corrected chi connectivity index (χ2v) is 7.42. The van der Waals surface area contributed by atoms with Gasteiger partial charge in [-0.05, 0) is 60.4 Å².